The summed E-state index contributed by atoms with van der Waals surface area (Å²) in [5.74, 6) is -5.26. The molecule has 5 nitrogen and oxygen atoms in total. The molecule has 2 rings (SSSR count). The molecule has 1 aromatic rings. The Hall–Kier alpha value is -2.25. The van der Waals surface area contributed by atoms with Crippen molar-refractivity contribution in [2.24, 2.45) is 17.3 Å². The summed E-state index contributed by atoms with van der Waals surface area (Å²) in [6.07, 6.45) is -4.67. The third-order valence-electron chi connectivity index (χ3n) is 4.98. The smallest absolute Gasteiger partial charge is 0.394 e. The fourth-order valence-corrected chi connectivity index (χ4v) is 3.44. The fraction of sp³-hybridized carbons (Fsp3) is 0.579. The molecule has 0 spiro atoms. The van der Waals surface area contributed by atoms with Gasteiger partial charge in [-0.05, 0) is 23.5 Å². The van der Waals surface area contributed by atoms with E-state index in [4.69, 9.17) is 5.11 Å². The lowest BCUT2D eigenvalue weighted by atomic mass is 9.81. The number of halogens is 3. The molecule has 27 heavy (non-hydrogen) atoms. The molecule has 1 heterocycles. The van der Waals surface area contributed by atoms with E-state index in [0.717, 1.165) is 16.0 Å². The molecule has 0 bridgehead atoms. The number of likely N-dealkylation sites (tertiary alicyclic amines) is 1. The highest BCUT2D eigenvalue weighted by Crippen LogP contribution is 2.39. The molecule has 1 saturated heterocycles. The molecular formula is C19H25F3N2O3. The van der Waals surface area contributed by atoms with Gasteiger partial charge in [0.1, 0.15) is 0 Å². The van der Waals surface area contributed by atoms with Gasteiger partial charge >= 0.3 is 18.2 Å². The van der Waals surface area contributed by atoms with Crippen LogP contribution in [0.4, 0.5) is 18.0 Å². The predicted molar refractivity (Wildman–Crippen MR) is 94.2 cm³/mol. The van der Waals surface area contributed by atoms with Gasteiger partial charge in [-0.25, -0.2) is 4.79 Å². The molecule has 0 aliphatic carbocycles. The summed E-state index contributed by atoms with van der Waals surface area (Å²) in [5.41, 5.74) is 1.44. The zero-order chi connectivity index (χ0) is 20.6. The number of carbonyl (C=O) groups excluding carboxylic acids is 1. The minimum absolute atomic E-state index is 0.392. The number of rotatable bonds is 3. The molecule has 1 fully saturated rings. The number of hydrogen-bond donors (Lipinski definition) is 2. The molecule has 150 valence electrons. The highest BCUT2D eigenvalue weighted by Gasteiger charge is 2.53. The Kier molecular flexibility index (Phi) is 5.77. The van der Waals surface area contributed by atoms with Crippen LogP contribution in [0.3, 0.4) is 0 Å². The zero-order valence-corrected chi connectivity index (χ0v) is 15.8. The maximum Gasteiger partial charge on any atom is 0.394 e. The summed E-state index contributed by atoms with van der Waals surface area (Å²) < 4.78 is 39.5. The van der Waals surface area contributed by atoms with Crippen molar-refractivity contribution in [1.82, 2.24) is 10.2 Å². The second kappa shape index (κ2) is 7.40. The maximum absolute atomic E-state index is 13.2. The number of urea groups is 1. The molecule has 2 N–H and O–H groups in total. The molecule has 1 unspecified atom stereocenters. The Morgan fingerprint density at radius 3 is 2.22 bits per heavy atom. The highest BCUT2D eigenvalue weighted by atomic mass is 19.4. The van der Waals surface area contributed by atoms with Crippen LogP contribution in [0.15, 0.2) is 24.3 Å². The van der Waals surface area contributed by atoms with Gasteiger partial charge in [0.25, 0.3) is 0 Å². The van der Waals surface area contributed by atoms with Gasteiger partial charge in [0.15, 0.2) is 0 Å². The van der Waals surface area contributed by atoms with Gasteiger partial charge < -0.3 is 15.3 Å². The fourth-order valence-electron chi connectivity index (χ4n) is 3.44. The summed E-state index contributed by atoms with van der Waals surface area (Å²) in [6, 6.07) is 6.36. The second-order valence-corrected chi connectivity index (χ2v) is 8.10. The number of carboxylic acid groups (broad SMARTS) is 1. The number of alkyl halides is 3. The molecule has 0 aromatic heterocycles. The molecule has 1 aromatic carbocycles. The molecule has 2 amide bonds. The average Bonchev–Trinajstić information content (AvgIpc) is 2.98. The highest BCUT2D eigenvalue weighted by molar-refractivity contribution is 5.78. The summed E-state index contributed by atoms with van der Waals surface area (Å²) in [6.45, 7) is 6.55. The standard InChI is InChI=1S/C19H25F3N2O3/c1-11-7-5-6-8-12(11)15(18(2,3)4)23-17(27)24-9-13(16(25)26)14(10-24)19(20,21)22/h5-8,13-15H,9-10H2,1-4H3,(H,23,27)(H,25,26)/t13-,14-,15?/m1/s1. The average molecular weight is 386 g/mol. The van der Waals surface area contributed by atoms with Crippen LogP contribution in [0.25, 0.3) is 0 Å². The molecule has 0 radical (unpaired) electrons. The number of carboxylic acids is 1. The maximum atomic E-state index is 13.2. The summed E-state index contributed by atoms with van der Waals surface area (Å²) >= 11 is 0. The van der Waals surface area contributed by atoms with Gasteiger partial charge in [0.05, 0.1) is 17.9 Å². The molecular weight excluding hydrogens is 361 g/mol. The number of hydrogen-bond acceptors (Lipinski definition) is 2. The first-order valence-corrected chi connectivity index (χ1v) is 8.73. The van der Waals surface area contributed by atoms with Crippen molar-refractivity contribution in [2.45, 2.75) is 39.9 Å². The van der Waals surface area contributed by atoms with Gasteiger partial charge in [-0.15, -0.1) is 0 Å². The van der Waals surface area contributed by atoms with Gasteiger partial charge in [0.2, 0.25) is 0 Å². The predicted octanol–water partition coefficient (Wildman–Crippen LogP) is 3.99. The molecule has 1 aliphatic heterocycles. The van der Waals surface area contributed by atoms with Crippen molar-refractivity contribution in [2.75, 3.05) is 13.1 Å². The third kappa shape index (κ3) is 4.73. The monoisotopic (exact) mass is 386 g/mol. The quantitative estimate of drug-likeness (QED) is 0.825. The SMILES string of the molecule is Cc1ccccc1C(NC(=O)N1C[C@@H](C(F)(F)F)[C@H](C(=O)O)C1)C(C)(C)C. The van der Waals surface area contributed by atoms with E-state index in [1.807, 2.05) is 52.0 Å². The van der Waals surface area contributed by atoms with Gasteiger partial charge in [-0.2, -0.15) is 13.2 Å². The van der Waals surface area contributed by atoms with Crippen LogP contribution in [0.2, 0.25) is 0 Å². The van der Waals surface area contributed by atoms with Crippen LogP contribution in [0, 0.1) is 24.2 Å². The van der Waals surface area contributed by atoms with Crippen molar-refractivity contribution < 1.29 is 27.9 Å². The van der Waals surface area contributed by atoms with Gasteiger partial charge in [0, 0.05) is 13.1 Å². The van der Waals surface area contributed by atoms with E-state index in [2.05, 4.69) is 5.32 Å². The van der Waals surface area contributed by atoms with E-state index in [1.54, 1.807) is 0 Å². The minimum Gasteiger partial charge on any atom is -0.481 e. The number of aryl methyl sites for hydroxylation is 1. The van der Waals surface area contributed by atoms with Crippen LogP contribution in [0.1, 0.15) is 37.9 Å². The normalized spacial score (nSPS) is 21.8. The van der Waals surface area contributed by atoms with E-state index in [0.29, 0.717) is 0 Å². The van der Waals surface area contributed by atoms with Gasteiger partial charge in [-0.1, -0.05) is 45.0 Å². The Balaban J connectivity index is 2.24. The first-order chi connectivity index (χ1) is 12.3. The van der Waals surface area contributed by atoms with Crippen molar-refractivity contribution in [1.29, 1.82) is 0 Å². The number of carbonyl (C=O) groups is 2. The van der Waals surface area contributed by atoms with Crippen LogP contribution in [-0.2, 0) is 4.79 Å². The minimum atomic E-state index is -4.67. The van der Waals surface area contributed by atoms with Crippen molar-refractivity contribution >= 4 is 12.0 Å². The summed E-state index contributed by atoms with van der Waals surface area (Å²) in [4.78, 5) is 24.9. The number of amides is 2. The number of aliphatic carboxylic acids is 1. The lowest BCUT2D eigenvalue weighted by molar-refractivity contribution is -0.187. The van der Waals surface area contributed by atoms with Crippen molar-refractivity contribution in [3.05, 3.63) is 35.4 Å². The Morgan fingerprint density at radius 2 is 1.78 bits per heavy atom. The molecule has 3 atom stereocenters. The topological polar surface area (TPSA) is 69.6 Å². The van der Waals surface area contributed by atoms with Crippen molar-refractivity contribution in [3.63, 3.8) is 0 Å². The number of benzene rings is 1. The third-order valence-corrected chi connectivity index (χ3v) is 4.98. The van der Waals surface area contributed by atoms with E-state index < -0.39 is 54.6 Å². The van der Waals surface area contributed by atoms with Crippen LogP contribution in [-0.4, -0.2) is 41.3 Å². The Morgan fingerprint density at radius 1 is 1.19 bits per heavy atom. The first kappa shape index (κ1) is 21.1. The first-order valence-electron chi connectivity index (χ1n) is 8.73. The molecule has 0 saturated carbocycles. The molecule has 1 aliphatic rings. The second-order valence-electron chi connectivity index (χ2n) is 8.10. The van der Waals surface area contributed by atoms with Crippen LogP contribution >= 0.6 is 0 Å². The van der Waals surface area contributed by atoms with E-state index in [-0.39, 0.29) is 0 Å². The van der Waals surface area contributed by atoms with Crippen molar-refractivity contribution in [3.8, 4) is 0 Å². The van der Waals surface area contributed by atoms with Crippen LogP contribution in [0.5, 0.6) is 0 Å². The van der Waals surface area contributed by atoms with Gasteiger partial charge in [-0.3, -0.25) is 4.79 Å². The number of nitrogens with zero attached hydrogens (tertiary/aromatic N) is 1. The zero-order valence-electron chi connectivity index (χ0n) is 15.8. The lowest BCUT2D eigenvalue weighted by Crippen LogP contribution is -2.45. The number of nitrogens with one attached hydrogen (secondary N) is 1. The van der Waals surface area contributed by atoms with E-state index in [1.165, 1.54) is 0 Å². The van der Waals surface area contributed by atoms with E-state index >= 15 is 0 Å². The van der Waals surface area contributed by atoms with Crippen LogP contribution < -0.4 is 5.32 Å². The lowest BCUT2D eigenvalue weighted by Gasteiger charge is -2.34. The summed E-state index contributed by atoms with van der Waals surface area (Å²) in [7, 11) is 0. The summed E-state index contributed by atoms with van der Waals surface area (Å²) in [5, 5.41) is 11.9. The largest absolute Gasteiger partial charge is 0.481 e. The van der Waals surface area contributed by atoms with E-state index in [9.17, 15) is 22.8 Å². The molecule has 8 heteroatoms. The Labute approximate surface area is 156 Å². The Bertz CT molecular complexity index is 713.